The molecular weight excluding hydrogens is 264 g/mol. The smallest absolute Gasteiger partial charge is 0.239 e. The number of piperidine rings is 1. The van der Waals surface area contributed by atoms with Crippen molar-refractivity contribution >= 4 is 11.7 Å². The highest BCUT2D eigenvalue weighted by Gasteiger charge is 2.24. The van der Waals surface area contributed by atoms with Gasteiger partial charge in [-0.25, -0.2) is 0 Å². The Bertz CT molecular complexity index is 521. The molecule has 1 atom stereocenters. The average molecular weight is 288 g/mol. The Hall–Kier alpha value is -1.88. The maximum absolute atomic E-state index is 12.4. The minimum absolute atomic E-state index is 0.0233. The van der Waals surface area contributed by atoms with E-state index < -0.39 is 6.04 Å². The van der Waals surface area contributed by atoms with Crippen LogP contribution in [0.1, 0.15) is 30.9 Å². The number of nitrogens with two attached hydrogens (primary N) is 2. The fourth-order valence-corrected chi connectivity index (χ4v) is 2.67. The third-order valence-corrected chi connectivity index (χ3v) is 4.11. The first-order chi connectivity index (χ1) is 9.97. The Labute approximate surface area is 125 Å². The fourth-order valence-electron chi connectivity index (χ4n) is 2.67. The van der Waals surface area contributed by atoms with Gasteiger partial charge < -0.3 is 16.4 Å². The molecule has 1 heterocycles. The molecule has 5 heteroatoms. The highest BCUT2D eigenvalue weighted by atomic mass is 16.2. The lowest BCUT2D eigenvalue weighted by Gasteiger charge is -2.32. The standard InChI is InChI=1S/C16H24N4O/c1-11-5-7-20(8-6-11)16(21)14(17)10-12-3-2-4-13(9-12)15(18)19/h2-4,9,11,14H,5-8,10,17H2,1H3,(H3,18,19)/t14-/m0/s1. The number of carbonyl (C=O) groups excluding carboxylic acids is 1. The van der Waals surface area contributed by atoms with Crippen LogP contribution in [-0.2, 0) is 11.2 Å². The van der Waals surface area contributed by atoms with Gasteiger partial charge in [-0.1, -0.05) is 25.1 Å². The summed E-state index contributed by atoms with van der Waals surface area (Å²) in [6.07, 6.45) is 2.59. The van der Waals surface area contributed by atoms with Crippen LogP contribution in [0.2, 0.25) is 0 Å². The molecule has 1 aliphatic heterocycles. The molecule has 1 fully saturated rings. The van der Waals surface area contributed by atoms with Crippen LogP contribution in [0.3, 0.4) is 0 Å². The number of nitrogens with zero attached hydrogens (tertiary/aromatic N) is 1. The lowest BCUT2D eigenvalue weighted by molar-refractivity contribution is -0.133. The molecule has 114 valence electrons. The van der Waals surface area contributed by atoms with E-state index in [0.717, 1.165) is 31.5 Å². The Morgan fingerprint density at radius 3 is 2.71 bits per heavy atom. The van der Waals surface area contributed by atoms with E-state index in [9.17, 15) is 4.79 Å². The molecule has 5 N–H and O–H groups in total. The number of nitrogen functional groups attached to an aromatic ring is 1. The van der Waals surface area contributed by atoms with Crippen LogP contribution in [0.25, 0.3) is 0 Å². The SMILES string of the molecule is CC1CCN(C(=O)[C@@H](N)Cc2cccc(C(=N)N)c2)CC1. The summed E-state index contributed by atoms with van der Waals surface area (Å²) >= 11 is 0. The molecule has 1 amide bonds. The van der Waals surface area contributed by atoms with Crippen LogP contribution >= 0.6 is 0 Å². The highest BCUT2D eigenvalue weighted by molar-refractivity contribution is 5.95. The van der Waals surface area contributed by atoms with Gasteiger partial charge in [0.15, 0.2) is 0 Å². The van der Waals surface area contributed by atoms with Crippen molar-refractivity contribution in [2.24, 2.45) is 17.4 Å². The molecule has 5 nitrogen and oxygen atoms in total. The van der Waals surface area contributed by atoms with Crippen LogP contribution in [0.4, 0.5) is 0 Å². The molecule has 0 aromatic heterocycles. The molecule has 0 saturated carbocycles. The van der Waals surface area contributed by atoms with Gasteiger partial charge in [-0.05, 0) is 36.8 Å². The predicted octanol–water partition coefficient (Wildman–Crippen LogP) is 1.10. The largest absolute Gasteiger partial charge is 0.384 e. The summed E-state index contributed by atoms with van der Waals surface area (Å²) in [5.74, 6) is 0.745. The molecule has 1 aromatic rings. The Kier molecular flexibility index (Phi) is 4.96. The molecule has 1 aromatic carbocycles. The number of nitrogens with one attached hydrogen (secondary N) is 1. The van der Waals surface area contributed by atoms with Crippen molar-refractivity contribution in [2.45, 2.75) is 32.2 Å². The van der Waals surface area contributed by atoms with Crippen LogP contribution in [0, 0.1) is 11.3 Å². The zero-order chi connectivity index (χ0) is 15.4. The first-order valence-electron chi connectivity index (χ1n) is 7.45. The normalized spacial score (nSPS) is 17.5. The number of likely N-dealkylation sites (tertiary alicyclic amines) is 1. The summed E-state index contributed by atoms with van der Waals surface area (Å²) in [4.78, 5) is 14.2. The summed E-state index contributed by atoms with van der Waals surface area (Å²) in [6, 6.07) is 6.84. The molecule has 0 radical (unpaired) electrons. The van der Waals surface area contributed by atoms with Gasteiger partial charge in [0.1, 0.15) is 5.84 Å². The molecule has 1 saturated heterocycles. The van der Waals surface area contributed by atoms with Crippen LogP contribution in [-0.4, -0.2) is 35.8 Å². The number of hydrogen-bond acceptors (Lipinski definition) is 3. The zero-order valence-electron chi connectivity index (χ0n) is 12.5. The van der Waals surface area contributed by atoms with E-state index in [1.807, 2.05) is 23.1 Å². The number of carbonyl (C=O) groups is 1. The molecule has 1 aliphatic rings. The quantitative estimate of drug-likeness (QED) is 0.572. The van der Waals surface area contributed by atoms with Gasteiger partial charge >= 0.3 is 0 Å². The van der Waals surface area contributed by atoms with E-state index in [0.29, 0.717) is 17.9 Å². The average Bonchev–Trinajstić information content (AvgIpc) is 2.47. The van der Waals surface area contributed by atoms with Crippen molar-refractivity contribution in [3.05, 3.63) is 35.4 Å². The van der Waals surface area contributed by atoms with Crippen molar-refractivity contribution in [1.29, 1.82) is 5.41 Å². The van der Waals surface area contributed by atoms with E-state index in [4.69, 9.17) is 16.9 Å². The summed E-state index contributed by atoms with van der Waals surface area (Å²) in [6.45, 7) is 3.83. The molecule has 21 heavy (non-hydrogen) atoms. The van der Waals surface area contributed by atoms with Gasteiger partial charge in [-0.3, -0.25) is 10.2 Å². The van der Waals surface area contributed by atoms with Gasteiger partial charge in [-0.2, -0.15) is 0 Å². The second-order valence-electron chi connectivity index (χ2n) is 5.93. The zero-order valence-corrected chi connectivity index (χ0v) is 12.5. The van der Waals surface area contributed by atoms with Crippen molar-refractivity contribution in [1.82, 2.24) is 4.90 Å². The lowest BCUT2D eigenvalue weighted by Crippen LogP contribution is -2.47. The van der Waals surface area contributed by atoms with E-state index in [1.165, 1.54) is 0 Å². The summed E-state index contributed by atoms with van der Waals surface area (Å²) in [5, 5.41) is 7.45. The number of rotatable bonds is 4. The Morgan fingerprint density at radius 2 is 2.10 bits per heavy atom. The maximum Gasteiger partial charge on any atom is 0.239 e. The lowest BCUT2D eigenvalue weighted by atomic mass is 9.97. The summed E-state index contributed by atoms with van der Waals surface area (Å²) < 4.78 is 0. The van der Waals surface area contributed by atoms with E-state index >= 15 is 0 Å². The molecular formula is C16H24N4O. The van der Waals surface area contributed by atoms with Crippen LogP contribution < -0.4 is 11.5 Å². The van der Waals surface area contributed by atoms with Crippen LogP contribution in [0.5, 0.6) is 0 Å². The van der Waals surface area contributed by atoms with Crippen molar-refractivity contribution in [3.63, 3.8) is 0 Å². The fraction of sp³-hybridized carbons (Fsp3) is 0.500. The molecule has 2 rings (SSSR count). The van der Waals surface area contributed by atoms with Gasteiger partial charge in [0, 0.05) is 18.7 Å². The molecule has 0 bridgehead atoms. The van der Waals surface area contributed by atoms with Crippen molar-refractivity contribution < 1.29 is 4.79 Å². The number of amides is 1. The summed E-state index contributed by atoms with van der Waals surface area (Å²) in [5.41, 5.74) is 13.1. The minimum Gasteiger partial charge on any atom is -0.384 e. The van der Waals surface area contributed by atoms with Crippen molar-refractivity contribution in [3.8, 4) is 0 Å². The van der Waals surface area contributed by atoms with Gasteiger partial charge in [0.2, 0.25) is 5.91 Å². The first kappa shape index (κ1) is 15.5. The first-order valence-corrected chi connectivity index (χ1v) is 7.45. The molecule has 0 aliphatic carbocycles. The van der Waals surface area contributed by atoms with Crippen LogP contribution in [0.15, 0.2) is 24.3 Å². The Morgan fingerprint density at radius 1 is 1.43 bits per heavy atom. The molecule has 0 spiro atoms. The topological polar surface area (TPSA) is 96.2 Å². The van der Waals surface area contributed by atoms with Gasteiger partial charge in [0.25, 0.3) is 0 Å². The van der Waals surface area contributed by atoms with Gasteiger partial charge in [-0.15, -0.1) is 0 Å². The second-order valence-corrected chi connectivity index (χ2v) is 5.93. The summed E-state index contributed by atoms with van der Waals surface area (Å²) in [7, 11) is 0. The van der Waals surface area contributed by atoms with E-state index in [2.05, 4.69) is 6.92 Å². The third-order valence-electron chi connectivity index (χ3n) is 4.11. The van der Waals surface area contributed by atoms with Crippen molar-refractivity contribution in [2.75, 3.05) is 13.1 Å². The van der Waals surface area contributed by atoms with E-state index in [-0.39, 0.29) is 11.7 Å². The predicted molar refractivity (Wildman–Crippen MR) is 84.1 cm³/mol. The number of hydrogen-bond donors (Lipinski definition) is 3. The maximum atomic E-state index is 12.4. The van der Waals surface area contributed by atoms with E-state index in [1.54, 1.807) is 6.07 Å². The minimum atomic E-state index is -0.527. The molecule has 0 unspecified atom stereocenters. The third kappa shape index (κ3) is 4.04. The highest BCUT2D eigenvalue weighted by Crippen LogP contribution is 2.17. The number of benzene rings is 1. The second kappa shape index (κ2) is 6.72. The monoisotopic (exact) mass is 288 g/mol. The van der Waals surface area contributed by atoms with Gasteiger partial charge in [0.05, 0.1) is 6.04 Å². The number of amidine groups is 1. The Balaban J connectivity index is 1.97.